The molecule has 0 aliphatic heterocycles. The van der Waals surface area contributed by atoms with Gasteiger partial charge in [-0.25, -0.2) is 0 Å². The molecule has 0 spiro atoms. The molecule has 1 aromatic heterocycles. The number of carbonyl (C=O) groups is 1. The molecule has 0 aromatic carbocycles. The Balaban J connectivity index is 2.30. The molecule has 3 nitrogen and oxygen atoms in total. The number of nitrogens with one attached hydrogen (secondary N) is 1. The van der Waals surface area contributed by atoms with Crippen LogP contribution in [0.5, 0.6) is 0 Å². The number of aliphatic carboxylic acids is 1. The molecule has 1 unspecified atom stereocenters. The fraction of sp³-hybridized carbons (Fsp3) is 0.545. The first-order valence-electron chi connectivity index (χ1n) is 5.30. The Bertz CT molecular complexity index is 301. The van der Waals surface area contributed by atoms with Crippen LogP contribution in [0.4, 0.5) is 0 Å². The standard InChI is InChI=1S/C11H17NO2S2/c1-2-15-7-5-10(11(13)14)12-8-9-4-3-6-16-9/h3-4,6,10,12H,2,5,7-8H2,1H3,(H,13,14). The Morgan fingerprint density at radius 3 is 3.06 bits per heavy atom. The van der Waals surface area contributed by atoms with Gasteiger partial charge in [0.2, 0.25) is 0 Å². The van der Waals surface area contributed by atoms with E-state index in [-0.39, 0.29) is 0 Å². The van der Waals surface area contributed by atoms with Crippen molar-refractivity contribution in [3.8, 4) is 0 Å². The Morgan fingerprint density at radius 1 is 1.69 bits per heavy atom. The average Bonchev–Trinajstić information content (AvgIpc) is 2.75. The van der Waals surface area contributed by atoms with Crippen molar-refractivity contribution in [3.05, 3.63) is 22.4 Å². The van der Waals surface area contributed by atoms with Gasteiger partial charge in [-0.1, -0.05) is 13.0 Å². The smallest absolute Gasteiger partial charge is 0.320 e. The molecule has 16 heavy (non-hydrogen) atoms. The van der Waals surface area contributed by atoms with Gasteiger partial charge in [-0.15, -0.1) is 11.3 Å². The van der Waals surface area contributed by atoms with Crippen LogP contribution in [-0.4, -0.2) is 28.6 Å². The van der Waals surface area contributed by atoms with Crippen LogP contribution < -0.4 is 5.32 Å². The minimum absolute atomic E-state index is 0.429. The lowest BCUT2D eigenvalue weighted by molar-refractivity contribution is -0.139. The fourth-order valence-corrected chi connectivity index (χ4v) is 2.64. The molecule has 0 saturated carbocycles. The van der Waals surface area contributed by atoms with Gasteiger partial charge in [0.15, 0.2) is 0 Å². The molecule has 1 aromatic rings. The summed E-state index contributed by atoms with van der Waals surface area (Å²) in [4.78, 5) is 12.2. The van der Waals surface area contributed by atoms with Gasteiger partial charge >= 0.3 is 5.97 Å². The summed E-state index contributed by atoms with van der Waals surface area (Å²) in [5, 5.41) is 14.1. The zero-order valence-electron chi connectivity index (χ0n) is 9.31. The molecular formula is C11H17NO2S2. The first-order valence-corrected chi connectivity index (χ1v) is 7.33. The lowest BCUT2D eigenvalue weighted by Crippen LogP contribution is -2.36. The van der Waals surface area contributed by atoms with E-state index in [4.69, 9.17) is 5.11 Å². The minimum Gasteiger partial charge on any atom is -0.480 e. The zero-order chi connectivity index (χ0) is 11.8. The van der Waals surface area contributed by atoms with E-state index in [1.165, 1.54) is 4.88 Å². The van der Waals surface area contributed by atoms with E-state index >= 15 is 0 Å². The van der Waals surface area contributed by atoms with Gasteiger partial charge in [0, 0.05) is 11.4 Å². The van der Waals surface area contributed by atoms with Crippen LogP contribution in [0.1, 0.15) is 18.2 Å². The molecular weight excluding hydrogens is 242 g/mol. The summed E-state index contributed by atoms with van der Waals surface area (Å²) in [5.41, 5.74) is 0. The molecule has 0 fully saturated rings. The summed E-state index contributed by atoms with van der Waals surface area (Å²) in [6, 6.07) is 3.56. The van der Waals surface area contributed by atoms with Gasteiger partial charge in [0.05, 0.1) is 0 Å². The molecule has 1 heterocycles. The average molecular weight is 259 g/mol. The Morgan fingerprint density at radius 2 is 2.50 bits per heavy atom. The first kappa shape index (κ1) is 13.5. The van der Waals surface area contributed by atoms with Crippen molar-refractivity contribution in [2.24, 2.45) is 0 Å². The molecule has 5 heteroatoms. The quantitative estimate of drug-likeness (QED) is 0.704. The Hall–Kier alpha value is -0.520. The maximum Gasteiger partial charge on any atom is 0.320 e. The molecule has 1 rings (SSSR count). The fourth-order valence-electron chi connectivity index (χ4n) is 1.30. The highest BCUT2D eigenvalue weighted by Gasteiger charge is 2.15. The number of carboxylic acid groups (broad SMARTS) is 1. The van der Waals surface area contributed by atoms with Crippen molar-refractivity contribution in [1.82, 2.24) is 5.32 Å². The van der Waals surface area contributed by atoms with E-state index in [0.29, 0.717) is 13.0 Å². The van der Waals surface area contributed by atoms with Crippen LogP contribution in [0.25, 0.3) is 0 Å². The van der Waals surface area contributed by atoms with E-state index in [0.717, 1.165) is 11.5 Å². The van der Waals surface area contributed by atoms with Crippen LogP contribution in [0.15, 0.2) is 17.5 Å². The van der Waals surface area contributed by atoms with Crippen molar-refractivity contribution in [2.45, 2.75) is 25.9 Å². The van der Waals surface area contributed by atoms with Crippen molar-refractivity contribution in [1.29, 1.82) is 0 Å². The van der Waals surface area contributed by atoms with Gasteiger partial charge in [-0.2, -0.15) is 11.8 Å². The van der Waals surface area contributed by atoms with E-state index in [1.54, 1.807) is 23.1 Å². The van der Waals surface area contributed by atoms with Crippen molar-refractivity contribution in [3.63, 3.8) is 0 Å². The van der Waals surface area contributed by atoms with Gasteiger partial charge in [0.25, 0.3) is 0 Å². The second-order valence-electron chi connectivity index (χ2n) is 3.34. The van der Waals surface area contributed by atoms with E-state index < -0.39 is 12.0 Å². The monoisotopic (exact) mass is 259 g/mol. The molecule has 0 amide bonds. The van der Waals surface area contributed by atoms with Crippen LogP contribution in [0, 0.1) is 0 Å². The Labute approximate surface area is 104 Å². The number of rotatable bonds is 8. The third-order valence-corrected chi connectivity index (χ3v) is 3.96. The van der Waals surface area contributed by atoms with Crippen LogP contribution in [0.2, 0.25) is 0 Å². The maximum absolute atomic E-state index is 11.0. The number of thioether (sulfide) groups is 1. The number of hydrogen-bond donors (Lipinski definition) is 2. The van der Waals surface area contributed by atoms with Crippen LogP contribution >= 0.6 is 23.1 Å². The predicted octanol–water partition coefficient (Wildman–Crippen LogP) is 2.43. The second kappa shape index (κ2) is 7.70. The van der Waals surface area contributed by atoms with Crippen molar-refractivity contribution < 1.29 is 9.90 Å². The summed E-state index contributed by atoms with van der Waals surface area (Å²) in [6.45, 7) is 2.73. The summed E-state index contributed by atoms with van der Waals surface area (Å²) >= 11 is 3.42. The predicted molar refractivity (Wildman–Crippen MR) is 70.2 cm³/mol. The summed E-state index contributed by atoms with van der Waals surface area (Å²) in [6.07, 6.45) is 0.680. The van der Waals surface area contributed by atoms with E-state index in [9.17, 15) is 4.79 Å². The summed E-state index contributed by atoms with van der Waals surface area (Å²) in [7, 11) is 0. The molecule has 0 radical (unpaired) electrons. The van der Waals surface area contributed by atoms with Crippen molar-refractivity contribution in [2.75, 3.05) is 11.5 Å². The third kappa shape index (κ3) is 5.01. The van der Waals surface area contributed by atoms with Crippen LogP contribution in [-0.2, 0) is 11.3 Å². The second-order valence-corrected chi connectivity index (χ2v) is 5.76. The molecule has 0 aliphatic carbocycles. The highest BCUT2D eigenvalue weighted by molar-refractivity contribution is 7.99. The minimum atomic E-state index is -0.756. The lowest BCUT2D eigenvalue weighted by Gasteiger charge is -2.13. The van der Waals surface area contributed by atoms with Gasteiger partial charge in [-0.05, 0) is 29.4 Å². The van der Waals surface area contributed by atoms with Gasteiger partial charge in [-0.3, -0.25) is 10.1 Å². The zero-order valence-corrected chi connectivity index (χ0v) is 10.9. The topological polar surface area (TPSA) is 49.3 Å². The first-order chi connectivity index (χ1) is 7.74. The highest BCUT2D eigenvalue weighted by Crippen LogP contribution is 2.09. The molecule has 90 valence electrons. The lowest BCUT2D eigenvalue weighted by atomic mass is 10.2. The van der Waals surface area contributed by atoms with Gasteiger partial charge < -0.3 is 5.11 Å². The van der Waals surface area contributed by atoms with E-state index in [1.807, 2.05) is 17.5 Å². The van der Waals surface area contributed by atoms with Crippen molar-refractivity contribution >= 4 is 29.1 Å². The maximum atomic E-state index is 11.0. The molecule has 0 aliphatic rings. The van der Waals surface area contributed by atoms with Crippen LogP contribution in [0.3, 0.4) is 0 Å². The molecule has 2 N–H and O–H groups in total. The number of thiophene rings is 1. The Kier molecular flexibility index (Phi) is 6.52. The molecule has 0 saturated heterocycles. The number of carboxylic acids is 1. The largest absolute Gasteiger partial charge is 0.480 e. The molecule has 0 bridgehead atoms. The summed E-state index contributed by atoms with van der Waals surface area (Å²) in [5.74, 6) is 1.18. The summed E-state index contributed by atoms with van der Waals surface area (Å²) < 4.78 is 0. The third-order valence-electron chi connectivity index (χ3n) is 2.16. The number of hydrogen-bond acceptors (Lipinski definition) is 4. The van der Waals surface area contributed by atoms with Gasteiger partial charge in [0.1, 0.15) is 6.04 Å². The highest BCUT2D eigenvalue weighted by atomic mass is 32.2. The van der Waals surface area contributed by atoms with E-state index in [2.05, 4.69) is 12.2 Å². The normalized spacial score (nSPS) is 12.6. The SMILES string of the molecule is CCSCCC(NCc1cccs1)C(=O)O. The molecule has 1 atom stereocenters.